The quantitative estimate of drug-likeness (QED) is 0.309. The van der Waals surface area contributed by atoms with Gasteiger partial charge in [-0.25, -0.2) is 4.99 Å². The molecule has 0 radical (unpaired) electrons. The fourth-order valence-electron chi connectivity index (χ4n) is 2.71. The average molecular weight is 499 g/mol. The molecule has 0 amide bonds. The number of guanidine groups is 1. The van der Waals surface area contributed by atoms with Crippen LogP contribution in [0.25, 0.3) is 0 Å². The Morgan fingerprint density at radius 3 is 2.79 bits per heavy atom. The van der Waals surface area contributed by atoms with Crippen molar-refractivity contribution in [3.63, 3.8) is 0 Å². The third-order valence-corrected chi connectivity index (χ3v) is 4.14. The molecular formula is C20H26IN3O4. The van der Waals surface area contributed by atoms with E-state index in [1.807, 2.05) is 49.4 Å². The fourth-order valence-corrected chi connectivity index (χ4v) is 2.71. The summed E-state index contributed by atoms with van der Waals surface area (Å²) in [7, 11) is 1.61. The SMILES string of the molecule is CCNC(=NCc1ccc2c(c1)OCO2)NCC(O)c1cccc(OC)c1.I. The molecule has 152 valence electrons. The van der Waals surface area contributed by atoms with Crippen molar-refractivity contribution in [2.24, 2.45) is 4.99 Å². The Balaban J connectivity index is 0.00000280. The van der Waals surface area contributed by atoms with E-state index in [0.717, 1.165) is 34.9 Å². The molecule has 3 N–H and O–H groups in total. The van der Waals surface area contributed by atoms with Crippen LogP contribution in [0.3, 0.4) is 0 Å². The zero-order valence-corrected chi connectivity index (χ0v) is 18.3. The number of aliphatic hydroxyl groups excluding tert-OH is 1. The summed E-state index contributed by atoms with van der Waals surface area (Å²) in [6.45, 7) is 3.80. The van der Waals surface area contributed by atoms with Gasteiger partial charge < -0.3 is 30.0 Å². The van der Waals surface area contributed by atoms with Gasteiger partial charge in [0.2, 0.25) is 6.79 Å². The Morgan fingerprint density at radius 1 is 1.18 bits per heavy atom. The summed E-state index contributed by atoms with van der Waals surface area (Å²) >= 11 is 0. The van der Waals surface area contributed by atoms with Crippen LogP contribution in [0.1, 0.15) is 24.2 Å². The van der Waals surface area contributed by atoms with Crippen LogP contribution < -0.4 is 24.8 Å². The number of rotatable bonds is 7. The van der Waals surface area contributed by atoms with Crippen molar-refractivity contribution in [1.29, 1.82) is 0 Å². The monoisotopic (exact) mass is 499 g/mol. The van der Waals surface area contributed by atoms with Crippen molar-refractivity contribution in [1.82, 2.24) is 10.6 Å². The lowest BCUT2D eigenvalue weighted by atomic mass is 10.1. The van der Waals surface area contributed by atoms with Gasteiger partial charge in [-0.3, -0.25) is 0 Å². The number of halogens is 1. The normalized spacial score (nSPS) is 13.5. The van der Waals surface area contributed by atoms with E-state index < -0.39 is 6.10 Å². The topological polar surface area (TPSA) is 84.3 Å². The number of aliphatic hydroxyl groups is 1. The molecule has 7 nitrogen and oxygen atoms in total. The summed E-state index contributed by atoms with van der Waals surface area (Å²) in [5.41, 5.74) is 1.80. The van der Waals surface area contributed by atoms with Crippen molar-refractivity contribution in [3.8, 4) is 17.2 Å². The van der Waals surface area contributed by atoms with E-state index >= 15 is 0 Å². The molecule has 0 fully saturated rings. The second-order valence-electron chi connectivity index (χ2n) is 6.06. The smallest absolute Gasteiger partial charge is 0.231 e. The van der Waals surface area contributed by atoms with Gasteiger partial charge in [-0.2, -0.15) is 0 Å². The molecule has 8 heteroatoms. The van der Waals surface area contributed by atoms with E-state index in [1.165, 1.54) is 0 Å². The highest BCUT2D eigenvalue weighted by atomic mass is 127. The summed E-state index contributed by atoms with van der Waals surface area (Å²) in [6, 6.07) is 13.2. The van der Waals surface area contributed by atoms with Gasteiger partial charge in [-0.05, 0) is 42.3 Å². The fraction of sp³-hybridized carbons (Fsp3) is 0.350. The lowest BCUT2D eigenvalue weighted by Gasteiger charge is -2.16. The van der Waals surface area contributed by atoms with Gasteiger partial charge in [0, 0.05) is 13.1 Å². The van der Waals surface area contributed by atoms with E-state index in [9.17, 15) is 5.11 Å². The molecule has 1 aliphatic rings. The molecule has 1 atom stereocenters. The maximum Gasteiger partial charge on any atom is 0.231 e. The van der Waals surface area contributed by atoms with E-state index in [0.29, 0.717) is 19.0 Å². The van der Waals surface area contributed by atoms with Crippen LogP contribution >= 0.6 is 24.0 Å². The highest BCUT2D eigenvalue weighted by Crippen LogP contribution is 2.32. The van der Waals surface area contributed by atoms with Gasteiger partial charge in [0.1, 0.15) is 5.75 Å². The van der Waals surface area contributed by atoms with Crippen molar-refractivity contribution in [3.05, 3.63) is 53.6 Å². The summed E-state index contributed by atoms with van der Waals surface area (Å²) in [4.78, 5) is 4.57. The zero-order chi connectivity index (χ0) is 19.1. The molecule has 2 aromatic rings. The first-order valence-corrected chi connectivity index (χ1v) is 8.92. The van der Waals surface area contributed by atoms with Crippen LogP contribution in [0.4, 0.5) is 0 Å². The van der Waals surface area contributed by atoms with Crippen LogP contribution in [0.2, 0.25) is 0 Å². The summed E-state index contributed by atoms with van der Waals surface area (Å²) in [5.74, 6) is 2.86. The molecule has 1 unspecified atom stereocenters. The lowest BCUT2D eigenvalue weighted by Crippen LogP contribution is -2.39. The van der Waals surface area contributed by atoms with Gasteiger partial charge in [0.05, 0.1) is 19.8 Å². The number of nitrogens with one attached hydrogen (secondary N) is 2. The molecule has 0 saturated heterocycles. The molecule has 0 aliphatic carbocycles. The van der Waals surface area contributed by atoms with Gasteiger partial charge in [-0.15, -0.1) is 24.0 Å². The van der Waals surface area contributed by atoms with Gasteiger partial charge >= 0.3 is 0 Å². The Kier molecular flexibility index (Phi) is 8.65. The van der Waals surface area contributed by atoms with Gasteiger partial charge in [0.25, 0.3) is 0 Å². The molecule has 2 aromatic carbocycles. The number of benzene rings is 2. The van der Waals surface area contributed by atoms with Crippen molar-refractivity contribution >= 4 is 29.9 Å². The van der Waals surface area contributed by atoms with E-state index in [2.05, 4.69) is 15.6 Å². The molecule has 3 rings (SSSR count). The highest BCUT2D eigenvalue weighted by molar-refractivity contribution is 14.0. The minimum absolute atomic E-state index is 0. The van der Waals surface area contributed by atoms with Gasteiger partial charge in [-0.1, -0.05) is 18.2 Å². The second kappa shape index (κ2) is 11.0. The van der Waals surface area contributed by atoms with Gasteiger partial charge in [0.15, 0.2) is 17.5 Å². The first-order chi connectivity index (χ1) is 13.2. The number of hydrogen-bond donors (Lipinski definition) is 3. The summed E-state index contributed by atoms with van der Waals surface area (Å²) < 4.78 is 15.9. The summed E-state index contributed by atoms with van der Waals surface area (Å²) in [5, 5.41) is 16.8. The number of aliphatic imine (C=N–C) groups is 1. The first-order valence-electron chi connectivity index (χ1n) is 8.92. The van der Waals surface area contributed by atoms with Crippen LogP contribution in [-0.4, -0.2) is 38.1 Å². The number of hydrogen-bond acceptors (Lipinski definition) is 5. The Hall–Kier alpha value is -2.20. The molecule has 1 aliphatic heterocycles. The van der Waals surface area contributed by atoms with Crippen molar-refractivity contribution in [2.45, 2.75) is 19.6 Å². The molecule has 0 spiro atoms. The number of methoxy groups -OCH3 is 1. The first kappa shape index (κ1) is 22.1. The largest absolute Gasteiger partial charge is 0.497 e. The van der Waals surface area contributed by atoms with E-state index in [4.69, 9.17) is 14.2 Å². The van der Waals surface area contributed by atoms with E-state index in [1.54, 1.807) is 7.11 Å². The third-order valence-electron chi connectivity index (χ3n) is 4.14. The lowest BCUT2D eigenvalue weighted by molar-refractivity contribution is 0.174. The maximum atomic E-state index is 10.4. The van der Waals surface area contributed by atoms with Crippen molar-refractivity contribution in [2.75, 3.05) is 27.0 Å². The zero-order valence-electron chi connectivity index (χ0n) is 16.0. The Bertz CT molecular complexity index is 801. The number of nitrogens with zero attached hydrogens (tertiary/aromatic N) is 1. The van der Waals surface area contributed by atoms with Crippen LogP contribution in [-0.2, 0) is 6.54 Å². The second-order valence-corrected chi connectivity index (χ2v) is 6.06. The average Bonchev–Trinajstić information content (AvgIpc) is 3.17. The van der Waals surface area contributed by atoms with Crippen molar-refractivity contribution < 1.29 is 19.3 Å². The minimum atomic E-state index is -0.672. The molecule has 0 saturated carbocycles. The maximum absolute atomic E-state index is 10.4. The number of ether oxygens (including phenoxy) is 3. The summed E-state index contributed by atoms with van der Waals surface area (Å²) in [6.07, 6.45) is -0.672. The predicted molar refractivity (Wildman–Crippen MR) is 119 cm³/mol. The predicted octanol–water partition coefficient (Wildman–Crippen LogP) is 2.83. The van der Waals surface area contributed by atoms with Crippen LogP contribution in [0, 0.1) is 0 Å². The Morgan fingerprint density at radius 2 is 2.00 bits per heavy atom. The Labute approximate surface area is 182 Å². The molecular weight excluding hydrogens is 473 g/mol. The third kappa shape index (κ3) is 5.90. The number of fused-ring (bicyclic) bond motifs is 1. The molecule has 1 heterocycles. The molecule has 28 heavy (non-hydrogen) atoms. The molecule has 0 bridgehead atoms. The van der Waals surface area contributed by atoms with Crippen LogP contribution in [0.15, 0.2) is 47.5 Å². The van der Waals surface area contributed by atoms with E-state index in [-0.39, 0.29) is 30.8 Å². The highest BCUT2D eigenvalue weighted by Gasteiger charge is 2.13. The molecule has 0 aromatic heterocycles. The van der Waals surface area contributed by atoms with Crippen LogP contribution in [0.5, 0.6) is 17.2 Å². The standard InChI is InChI=1S/C20H25N3O4.HI/c1-3-21-20(22-11-14-7-8-18-19(9-14)27-13-26-18)23-12-17(24)15-5-4-6-16(10-15)25-2;/h4-10,17,24H,3,11-13H2,1-2H3,(H2,21,22,23);1H. The minimum Gasteiger partial charge on any atom is -0.497 e.